The van der Waals surface area contributed by atoms with E-state index in [1.54, 1.807) is 0 Å². The summed E-state index contributed by atoms with van der Waals surface area (Å²) in [4.78, 5) is 0. The number of hydrogen-bond donors (Lipinski definition) is 0. The van der Waals surface area contributed by atoms with Crippen LogP contribution in [0.4, 0.5) is 0 Å². The largest absolute Gasteiger partial charge is 0.0843 e. The summed E-state index contributed by atoms with van der Waals surface area (Å²) in [6.45, 7) is 4.41. The lowest BCUT2D eigenvalue weighted by atomic mass is 9.82. The lowest BCUT2D eigenvalue weighted by Crippen LogP contribution is -2.15. The van der Waals surface area contributed by atoms with E-state index in [-0.39, 0.29) is 5.41 Å². The van der Waals surface area contributed by atoms with E-state index in [0.717, 1.165) is 5.02 Å². The maximum absolute atomic E-state index is 6.37. The summed E-state index contributed by atoms with van der Waals surface area (Å²) in [5, 5.41) is 1.45. The van der Waals surface area contributed by atoms with Crippen LogP contribution in [0.3, 0.4) is 0 Å². The Hall–Kier alpha value is -0.980. The molecule has 0 aromatic heterocycles. The maximum Gasteiger partial charge on any atom is 0.0467 e. The van der Waals surface area contributed by atoms with Crippen LogP contribution < -0.4 is 0 Å². The zero-order valence-corrected chi connectivity index (χ0v) is 11.2. The van der Waals surface area contributed by atoms with Gasteiger partial charge < -0.3 is 0 Å². The Morgan fingerprint density at radius 1 is 0.941 bits per heavy atom. The Balaban J connectivity index is 2.44. The lowest BCUT2D eigenvalue weighted by Gasteiger charge is -2.22. The van der Waals surface area contributed by atoms with Gasteiger partial charge in [-0.3, -0.25) is 0 Å². The van der Waals surface area contributed by atoms with Crippen LogP contribution in [-0.4, -0.2) is 0 Å². The molecule has 0 heterocycles. The van der Waals surface area contributed by atoms with Crippen LogP contribution in [-0.2, 0) is 5.41 Å². The summed E-state index contributed by atoms with van der Waals surface area (Å²) >= 11 is 12.5. The van der Waals surface area contributed by atoms with Crippen molar-refractivity contribution < 1.29 is 0 Å². The van der Waals surface area contributed by atoms with E-state index in [1.807, 2.05) is 12.1 Å². The molecule has 1 aliphatic carbocycles. The second kappa shape index (κ2) is 3.51. The standard InChI is InChI=1S/C15H12Cl2/c1-15(2)12-6-4-3-5-10(12)11-7-9(16)8-13(17)14(11)15/h3-8H,1-2H3. The highest BCUT2D eigenvalue weighted by molar-refractivity contribution is 6.36. The molecule has 2 heteroatoms. The predicted molar refractivity (Wildman–Crippen MR) is 74.0 cm³/mol. The Kier molecular flexibility index (Phi) is 2.30. The monoisotopic (exact) mass is 262 g/mol. The number of rotatable bonds is 0. The first-order chi connectivity index (χ1) is 8.01. The van der Waals surface area contributed by atoms with Gasteiger partial charge in [0, 0.05) is 15.5 Å². The van der Waals surface area contributed by atoms with E-state index < -0.39 is 0 Å². The van der Waals surface area contributed by atoms with Crippen LogP contribution in [0.15, 0.2) is 36.4 Å². The zero-order chi connectivity index (χ0) is 12.2. The zero-order valence-electron chi connectivity index (χ0n) is 9.72. The maximum atomic E-state index is 6.37. The highest BCUT2D eigenvalue weighted by Gasteiger charge is 2.37. The van der Waals surface area contributed by atoms with Crippen molar-refractivity contribution in [2.24, 2.45) is 0 Å². The number of hydrogen-bond acceptors (Lipinski definition) is 0. The van der Waals surface area contributed by atoms with Gasteiger partial charge in [0.15, 0.2) is 0 Å². The first-order valence-corrected chi connectivity index (χ1v) is 6.37. The second-order valence-electron chi connectivity index (χ2n) is 4.98. The molecular weight excluding hydrogens is 251 g/mol. The Morgan fingerprint density at radius 2 is 1.65 bits per heavy atom. The van der Waals surface area contributed by atoms with Gasteiger partial charge in [-0.05, 0) is 34.4 Å². The van der Waals surface area contributed by atoms with Gasteiger partial charge in [-0.15, -0.1) is 0 Å². The van der Waals surface area contributed by atoms with Crippen LogP contribution in [0, 0.1) is 0 Å². The van der Waals surface area contributed by atoms with E-state index >= 15 is 0 Å². The molecule has 17 heavy (non-hydrogen) atoms. The van der Waals surface area contributed by atoms with Gasteiger partial charge >= 0.3 is 0 Å². The summed E-state index contributed by atoms with van der Waals surface area (Å²) < 4.78 is 0. The molecule has 0 bridgehead atoms. The average Bonchev–Trinajstić information content (AvgIpc) is 2.49. The lowest BCUT2D eigenvalue weighted by molar-refractivity contribution is 0.660. The van der Waals surface area contributed by atoms with E-state index in [9.17, 15) is 0 Å². The topological polar surface area (TPSA) is 0 Å². The fourth-order valence-electron chi connectivity index (χ4n) is 2.82. The number of fused-ring (bicyclic) bond motifs is 3. The molecule has 0 atom stereocenters. The molecule has 1 aliphatic rings. The summed E-state index contributed by atoms with van der Waals surface area (Å²) in [5.41, 5.74) is 4.87. The normalized spacial score (nSPS) is 15.5. The summed E-state index contributed by atoms with van der Waals surface area (Å²) in [6, 6.07) is 12.3. The van der Waals surface area contributed by atoms with Gasteiger partial charge in [0.2, 0.25) is 0 Å². The fraction of sp³-hybridized carbons (Fsp3) is 0.200. The molecule has 0 saturated carbocycles. The van der Waals surface area contributed by atoms with Crippen molar-refractivity contribution in [1.82, 2.24) is 0 Å². The fourth-order valence-corrected chi connectivity index (χ4v) is 3.55. The summed E-state index contributed by atoms with van der Waals surface area (Å²) in [6.07, 6.45) is 0. The van der Waals surface area contributed by atoms with Gasteiger partial charge in [0.25, 0.3) is 0 Å². The number of benzene rings is 2. The molecule has 0 spiro atoms. The van der Waals surface area contributed by atoms with E-state index in [1.165, 1.54) is 22.3 Å². The van der Waals surface area contributed by atoms with E-state index in [2.05, 4.69) is 38.1 Å². The van der Waals surface area contributed by atoms with Crippen molar-refractivity contribution in [3.63, 3.8) is 0 Å². The van der Waals surface area contributed by atoms with Crippen molar-refractivity contribution in [3.05, 3.63) is 57.6 Å². The molecule has 0 radical (unpaired) electrons. The Labute approximate surface area is 111 Å². The van der Waals surface area contributed by atoms with Crippen molar-refractivity contribution >= 4 is 23.2 Å². The van der Waals surface area contributed by atoms with Crippen molar-refractivity contribution in [1.29, 1.82) is 0 Å². The molecular formula is C15H12Cl2. The van der Waals surface area contributed by atoms with Gasteiger partial charge in [0.1, 0.15) is 0 Å². The highest BCUT2D eigenvalue weighted by atomic mass is 35.5. The molecule has 0 nitrogen and oxygen atoms in total. The van der Waals surface area contributed by atoms with E-state index in [4.69, 9.17) is 23.2 Å². The number of halogens is 2. The SMILES string of the molecule is CC1(C)c2ccccc2-c2cc(Cl)cc(Cl)c21. The first-order valence-electron chi connectivity index (χ1n) is 5.61. The summed E-state index contributed by atoms with van der Waals surface area (Å²) in [7, 11) is 0. The van der Waals surface area contributed by atoms with Gasteiger partial charge in [-0.25, -0.2) is 0 Å². The smallest absolute Gasteiger partial charge is 0.0467 e. The molecule has 0 amide bonds. The van der Waals surface area contributed by atoms with Crippen molar-refractivity contribution in [3.8, 4) is 11.1 Å². The van der Waals surface area contributed by atoms with Crippen LogP contribution >= 0.6 is 23.2 Å². The van der Waals surface area contributed by atoms with Crippen LogP contribution in [0.25, 0.3) is 11.1 Å². The molecule has 0 fully saturated rings. The van der Waals surface area contributed by atoms with E-state index in [0.29, 0.717) is 5.02 Å². The average molecular weight is 263 g/mol. The van der Waals surface area contributed by atoms with Gasteiger partial charge in [-0.1, -0.05) is 61.3 Å². The molecule has 2 aromatic rings. The highest BCUT2D eigenvalue weighted by Crippen LogP contribution is 2.51. The Bertz CT molecular complexity index is 612. The summed E-state index contributed by atoms with van der Waals surface area (Å²) in [5.74, 6) is 0. The van der Waals surface area contributed by atoms with Crippen molar-refractivity contribution in [2.75, 3.05) is 0 Å². The molecule has 0 unspecified atom stereocenters. The second-order valence-corrected chi connectivity index (χ2v) is 5.82. The Morgan fingerprint density at radius 3 is 2.41 bits per heavy atom. The minimum Gasteiger partial charge on any atom is -0.0843 e. The molecule has 0 aliphatic heterocycles. The molecule has 86 valence electrons. The minimum atomic E-state index is -0.0480. The quantitative estimate of drug-likeness (QED) is 0.605. The minimum absolute atomic E-state index is 0.0480. The predicted octanol–water partition coefficient (Wildman–Crippen LogP) is 5.30. The van der Waals surface area contributed by atoms with Crippen molar-refractivity contribution in [2.45, 2.75) is 19.3 Å². The third-order valence-corrected chi connectivity index (χ3v) is 4.09. The third kappa shape index (κ3) is 1.44. The molecule has 0 saturated heterocycles. The van der Waals surface area contributed by atoms with Crippen LogP contribution in [0.5, 0.6) is 0 Å². The van der Waals surface area contributed by atoms with Gasteiger partial charge in [-0.2, -0.15) is 0 Å². The molecule has 3 rings (SSSR count). The van der Waals surface area contributed by atoms with Gasteiger partial charge in [0.05, 0.1) is 0 Å². The van der Waals surface area contributed by atoms with Crippen LogP contribution in [0.2, 0.25) is 10.0 Å². The third-order valence-electron chi connectivity index (χ3n) is 3.57. The first kappa shape index (κ1) is 11.1. The molecule has 2 aromatic carbocycles. The molecule has 0 N–H and O–H groups in total. The van der Waals surface area contributed by atoms with Crippen LogP contribution in [0.1, 0.15) is 25.0 Å².